The van der Waals surface area contributed by atoms with E-state index in [-0.39, 0.29) is 70.4 Å². The smallest absolute Gasteiger partial charge is 0.262 e. The number of carbonyl (C=O) groups is 4. The Hall–Kier alpha value is -9.13. The zero-order valence-corrected chi connectivity index (χ0v) is 69.1. The molecular formula is C91H106BrF4N13O6. The summed E-state index contributed by atoms with van der Waals surface area (Å²) in [6, 6.07) is 31.8. The number of nitrogens with two attached hydrogens (primary N) is 4. The zero-order chi connectivity index (χ0) is 81.8. The Bertz CT molecular complexity index is 5070. The van der Waals surface area contributed by atoms with Crippen LogP contribution >= 0.6 is 15.9 Å². The van der Waals surface area contributed by atoms with Gasteiger partial charge in [-0.25, -0.2) is 42.4 Å². The first-order valence-electron chi connectivity index (χ1n) is 41.2. The number of benzene rings is 5. The van der Waals surface area contributed by atoms with Crippen LogP contribution in [0.1, 0.15) is 220 Å². The highest BCUT2D eigenvalue weighted by Gasteiger charge is 2.72. The van der Waals surface area contributed by atoms with Gasteiger partial charge in [-0.2, -0.15) is 0 Å². The highest BCUT2D eigenvalue weighted by atomic mass is 79.9. The van der Waals surface area contributed by atoms with Crippen molar-refractivity contribution in [3.05, 3.63) is 163 Å². The topological polar surface area (TPSA) is 258 Å². The molecule has 14 aliphatic rings. The van der Waals surface area contributed by atoms with E-state index >= 15 is 0 Å². The van der Waals surface area contributed by atoms with Crippen molar-refractivity contribution in [3.63, 3.8) is 0 Å². The molecule has 606 valence electrons. The van der Waals surface area contributed by atoms with Crippen molar-refractivity contribution in [2.75, 3.05) is 27.7 Å². The molecule has 8 N–H and O–H groups in total. The van der Waals surface area contributed by atoms with Gasteiger partial charge in [-0.15, -0.1) is 0 Å². The van der Waals surface area contributed by atoms with E-state index in [2.05, 4.69) is 56.9 Å². The second-order valence-corrected chi connectivity index (χ2v) is 37.8. The number of halogens is 5. The van der Waals surface area contributed by atoms with Crippen LogP contribution in [0.25, 0.3) is 16.0 Å². The minimum absolute atomic E-state index is 0.0404. The molecule has 5 unspecified atom stereocenters. The molecule has 6 saturated carbocycles. The number of aliphatic imine (C=N–C) groups is 4. The van der Waals surface area contributed by atoms with Crippen LogP contribution in [0.3, 0.4) is 0 Å². The number of hydrogen-bond donors (Lipinski definition) is 4. The third kappa shape index (κ3) is 12.9. The van der Waals surface area contributed by atoms with Crippen LogP contribution in [-0.2, 0) is 71.8 Å². The maximum atomic E-state index is 14.7. The van der Waals surface area contributed by atoms with Gasteiger partial charge in [0.15, 0.2) is 58.0 Å². The monoisotopic (exact) mass is 1630 g/mol. The number of guanidine groups is 4. The second-order valence-electron chi connectivity index (χ2n) is 36.9. The zero-order valence-electron chi connectivity index (χ0n) is 67.5. The number of amides is 4. The maximum absolute atomic E-state index is 14.7. The summed E-state index contributed by atoms with van der Waals surface area (Å²) in [6.07, 6.45) is 15.6. The Morgan fingerprint density at radius 2 is 0.930 bits per heavy atom. The van der Waals surface area contributed by atoms with E-state index in [0.29, 0.717) is 114 Å². The van der Waals surface area contributed by atoms with Gasteiger partial charge in [0.1, 0.15) is 22.8 Å². The Balaban J connectivity index is 0.000000116. The van der Waals surface area contributed by atoms with Gasteiger partial charge in [-0.05, 0) is 306 Å². The van der Waals surface area contributed by atoms with Gasteiger partial charge in [0.25, 0.3) is 23.6 Å². The lowest BCUT2D eigenvalue weighted by atomic mass is 9.59. The normalized spacial score (nSPS) is 34.5. The summed E-state index contributed by atoms with van der Waals surface area (Å²) in [5.74, 6) is 9.19. The summed E-state index contributed by atoms with van der Waals surface area (Å²) in [7, 11) is 5.01. The van der Waals surface area contributed by atoms with Crippen molar-refractivity contribution in [2.45, 2.75) is 253 Å². The third-order valence-electron chi connectivity index (χ3n) is 28.9. The second kappa shape index (κ2) is 28.3. The minimum Gasteiger partial charge on any atom is -0.493 e. The maximum Gasteiger partial charge on any atom is 0.262 e. The number of hydrogen-bond acceptors (Lipinski definition) is 14. The van der Waals surface area contributed by atoms with Crippen LogP contribution in [0.15, 0.2) is 122 Å². The highest BCUT2D eigenvalue weighted by Crippen LogP contribution is 2.68. The fourth-order valence-electron chi connectivity index (χ4n) is 21.9. The van der Waals surface area contributed by atoms with Crippen molar-refractivity contribution in [2.24, 2.45) is 76.4 Å². The third-order valence-corrected chi connectivity index (χ3v) is 29.4. The lowest BCUT2D eigenvalue weighted by Crippen LogP contribution is -2.53. The van der Waals surface area contributed by atoms with Gasteiger partial charge in [0, 0.05) is 64.8 Å². The molecule has 4 amide bonds. The van der Waals surface area contributed by atoms with Gasteiger partial charge >= 0.3 is 0 Å². The first-order valence-corrected chi connectivity index (χ1v) is 42.0. The fraction of sp³-hybridized carbons (Fsp3) is 0.549. The van der Waals surface area contributed by atoms with Crippen molar-refractivity contribution in [3.8, 4) is 28.7 Å². The van der Waals surface area contributed by atoms with E-state index in [1.165, 1.54) is 47.3 Å². The number of likely N-dealkylation sites (N-methyl/N-ethyl adjacent to an activating group) is 3. The van der Waals surface area contributed by atoms with Crippen LogP contribution in [0, 0.1) is 51.9 Å². The number of ether oxygens (including phenoxy) is 2. The molecular weight excluding hydrogens is 1530 g/mol. The van der Waals surface area contributed by atoms with Gasteiger partial charge in [0.05, 0.1) is 19.3 Å². The molecule has 0 bridgehead atoms. The summed E-state index contributed by atoms with van der Waals surface area (Å²) in [4.78, 5) is 83.3. The lowest BCUT2D eigenvalue weighted by Gasteiger charge is -2.46. The molecule has 19 nitrogen and oxygen atoms in total. The van der Waals surface area contributed by atoms with Crippen LogP contribution in [0.5, 0.6) is 5.75 Å². The molecule has 0 saturated heterocycles. The molecule has 10 aliphatic carbocycles. The Kier molecular flexibility index (Phi) is 19.6. The van der Waals surface area contributed by atoms with Gasteiger partial charge in [-0.3, -0.25) is 38.8 Å². The van der Waals surface area contributed by atoms with Crippen molar-refractivity contribution in [1.29, 1.82) is 0 Å². The fourth-order valence-corrected chi connectivity index (χ4v) is 22.2. The summed E-state index contributed by atoms with van der Waals surface area (Å²) in [5.41, 5.74) is 26.8. The van der Waals surface area contributed by atoms with Crippen LogP contribution in [-0.4, -0.2) is 130 Å². The quantitative estimate of drug-likeness (QED) is 0.0680. The van der Waals surface area contributed by atoms with Crippen molar-refractivity contribution >= 4 is 69.1 Å². The lowest BCUT2D eigenvalue weighted by molar-refractivity contribution is -0.142. The Morgan fingerprint density at radius 3 is 1.37 bits per heavy atom. The standard InChI is InChI=1S/C25H25FN4O.C25H34FN3O3.C23H26FN3O.C18H21BrFN3O/c1-23(26)9-11-24(12-10-23)15-18-8-7-17(16-5-4-6-19(13-16)28-2)14-20(18)25(24)21(31)30(3)22(27)29-25;1-15(2)29-22(30)25(28-23(29)27)21-12-20(31-14-17-4-5-17)7-6-18(21)13-24(25)10-8-19(9-11-24)32-16(3)26;1-21(24)9-11-22(12-10-21)14-17-8-7-16(6-5-15-3-4-15)13-18(17)23(22)19(28)27(2)20(25)26-23;1-16(20)5-7-17(8-6-16)10-11-3-4-12(19)9-13(11)18(17)14(24)23(2)15(21)22-18/h4-8,13-14H,9-12,15H2,1,3H3,(H2,27,29);6-7,12,15-17,19H,4-5,8-11,13-14H2,1-3H3,(H2,27,28);7-8,13,15H,3-4,9-12,14H2,1-2H3,(H2,25,26);3-4,9H,5-8,10H2,1-2H3,(H2,21,22). The average Bonchev–Trinajstić information content (AvgIpc) is 1.55. The molecule has 24 heteroatoms. The van der Waals surface area contributed by atoms with Crippen molar-refractivity contribution < 1.29 is 46.2 Å². The number of carbonyl (C=O) groups excluding carboxylic acids is 4. The number of rotatable bonds is 7. The highest BCUT2D eigenvalue weighted by molar-refractivity contribution is 9.10. The molecule has 5 atom stereocenters. The molecule has 0 radical (unpaired) electrons. The minimum atomic E-state index is -1.28. The summed E-state index contributed by atoms with van der Waals surface area (Å²) in [6.45, 7) is 18.3. The molecule has 4 aliphatic heterocycles. The summed E-state index contributed by atoms with van der Waals surface area (Å²) >= 11 is 3.51. The van der Waals surface area contributed by atoms with Gasteiger partial charge in [-0.1, -0.05) is 76.3 Å². The number of alkyl halides is 4. The van der Waals surface area contributed by atoms with E-state index in [9.17, 15) is 36.7 Å². The SMILES string of the molecule is CC(F)OC1CCC2(CC1)Cc1ccc(OCC3CC3)cc1C21N=C(N)N(C(C)C)C1=O.CN1C(=O)C2(N=C1N)c1cc(Br)ccc1CC21CCC(C)(F)CC1.CN1C(=O)C2(N=C1N)c1cc(C#CC3CC3)ccc1CC21CCC(C)(F)CC1.[C-]#[N+]c1cccc(-c2ccc3c(c2)C2(N=C(N)N(C)C2=O)C2(CCC(C)(F)CC2)C3)c1. The van der Waals surface area contributed by atoms with E-state index < -0.39 is 56.3 Å². The molecule has 0 aromatic heterocycles. The van der Waals surface area contributed by atoms with E-state index in [1.54, 1.807) is 52.9 Å². The molecule has 5 aromatic carbocycles. The van der Waals surface area contributed by atoms with E-state index in [0.717, 1.165) is 110 Å². The first kappa shape index (κ1) is 79.7. The van der Waals surface area contributed by atoms with Crippen LogP contribution in [0.4, 0.5) is 23.2 Å². The molecule has 19 rings (SSSR count). The number of nitrogens with zero attached hydrogens (tertiary/aromatic N) is 9. The van der Waals surface area contributed by atoms with E-state index in [1.807, 2.05) is 80.6 Å². The summed E-state index contributed by atoms with van der Waals surface area (Å²) in [5, 5.41) is 0. The van der Waals surface area contributed by atoms with Crippen LogP contribution < -0.4 is 27.7 Å². The summed E-state index contributed by atoms with van der Waals surface area (Å²) < 4.78 is 69.7. The van der Waals surface area contributed by atoms with Crippen LogP contribution in [0.2, 0.25) is 0 Å². The Labute approximate surface area is 680 Å². The predicted octanol–water partition coefficient (Wildman–Crippen LogP) is 15.3. The molecule has 8 spiro atoms. The predicted molar refractivity (Wildman–Crippen MR) is 439 cm³/mol. The molecule has 6 fully saturated rings. The number of fused-ring (bicyclic) bond motifs is 12. The van der Waals surface area contributed by atoms with E-state index in [4.69, 9.17) is 59.0 Å². The Morgan fingerprint density at radius 1 is 0.513 bits per heavy atom. The first-order chi connectivity index (χ1) is 54.4. The molecule has 5 aromatic rings. The van der Waals surface area contributed by atoms with Crippen molar-refractivity contribution in [1.82, 2.24) is 19.6 Å². The largest absolute Gasteiger partial charge is 0.493 e. The molecule has 4 heterocycles. The molecule has 115 heavy (non-hydrogen) atoms. The van der Waals surface area contributed by atoms with Gasteiger partial charge in [0.2, 0.25) is 0 Å². The van der Waals surface area contributed by atoms with Gasteiger partial charge < -0.3 is 32.4 Å². The average molecular weight is 1630 g/mol.